The van der Waals surface area contributed by atoms with Crippen LogP contribution in [0, 0.1) is 6.92 Å². The van der Waals surface area contributed by atoms with Gasteiger partial charge in [0, 0.05) is 35.5 Å². The van der Waals surface area contributed by atoms with Crippen LogP contribution in [-0.2, 0) is 15.0 Å². The predicted octanol–water partition coefficient (Wildman–Crippen LogP) is 6.75. The third kappa shape index (κ3) is 4.70. The zero-order valence-electron chi connectivity index (χ0n) is 21.5. The van der Waals surface area contributed by atoms with Crippen molar-refractivity contribution in [2.45, 2.75) is 39.2 Å². The summed E-state index contributed by atoms with van der Waals surface area (Å²) in [5.41, 5.74) is 4.92. The number of anilines is 2. The van der Waals surface area contributed by atoms with E-state index in [1.807, 2.05) is 80.5 Å². The Balaban J connectivity index is 1.91. The summed E-state index contributed by atoms with van der Waals surface area (Å²) in [6.45, 7) is 8.32. The zero-order valence-corrected chi connectivity index (χ0v) is 23.1. The summed E-state index contributed by atoms with van der Waals surface area (Å²) < 4.78 is 0.898. The van der Waals surface area contributed by atoms with E-state index in [0.717, 1.165) is 26.9 Å². The molecule has 1 N–H and O–H groups in total. The third-order valence-corrected chi connectivity index (χ3v) is 7.50. The van der Waals surface area contributed by atoms with Gasteiger partial charge in [0.15, 0.2) is 0 Å². The molecule has 36 heavy (non-hydrogen) atoms. The minimum absolute atomic E-state index is 0.0443. The topological polar surface area (TPSA) is 60.9 Å². The molecule has 0 saturated carbocycles. The maximum Gasteiger partial charge on any atom is 0.300 e. The van der Waals surface area contributed by atoms with Crippen molar-refractivity contribution in [3.63, 3.8) is 0 Å². The van der Waals surface area contributed by atoms with Crippen LogP contribution < -0.4 is 9.80 Å². The zero-order chi connectivity index (χ0) is 26.4. The number of aliphatic hydroxyl groups is 1. The number of ketones is 1. The second-order valence-electron chi connectivity index (χ2n) is 10.4. The molecule has 0 bridgehead atoms. The molecule has 1 fully saturated rings. The first kappa shape index (κ1) is 25.7. The molecule has 1 heterocycles. The van der Waals surface area contributed by atoms with Crippen LogP contribution >= 0.6 is 15.9 Å². The standard InChI is InChI=1S/C30H31BrN2O3/c1-18-17-20(9-16-24(18)31)27(34)25-26(19-7-10-21(11-8-19)30(2,3)4)33(29(36)28(25)35)23-14-12-22(13-15-23)32(5)6/h7-17,26,34H,1-6H3/b27-25-. The highest BCUT2D eigenvalue weighted by Gasteiger charge is 2.47. The van der Waals surface area contributed by atoms with Crippen molar-refractivity contribution in [1.82, 2.24) is 0 Å². The number of hydrogen-bond donors (Lipinski definition) is 1. The predicted molar refractivity (Wildman–Crippen MR) is 150 cm³/mol. The van der Waals surface area contributed by atoms with Crippen molar-refractivity contribution >= 4 is 44.8 Å². The van der Waals surface area contributed by atoms with E-state index < -0.39 is 17.7 Å². The van der Waals surface area contributed by atoms with E-state index in [1.54, 1.807) is 12.1 Å². The first-order valence-electron chi connectivity index (χ1n) is 11.9. The van der Waals surface area contributed by atoms with E-state index in [-0.39, 0.29) is 16.7 Å². The summed E-state index contributed by atoms with van der Waals surface area (Å²) >= 11 is 3.48. The molecule has 3 aromatic carbocycles. The smallest absolute Gasteiger partial charge is 0.300 e. The molecule has 0 radical (unpaired) electrons. The number of aliphatic hydroxyl groups excluding tert-OH is 1. The van der Waals surface area contributed by atoms with Crippen molar-refractivity contribution in [2.24, 2.45) is 0 Å². The van der Waals surface area contributed by atoms with Gasteiger partial charge in [0.05, 0.1) is 11.6 Å². The average Bonchev–Trinajstić information content (AvgIpc) is 3.10. The summed E-state index contributed by atoms with van der Waals surface area (Å²) in [5, 5.41) is 11.4. The maximum absolute atomic E-state index is 13.4. The van der Waals surface area contributed by atoms with Crippen molar-refractivity contribution < 1.29 is 14.7 Å². The van der Waals surface area contributed by atoms with Gasteiger partial charge in [0.1, 0.15) is 5.76 Å². The lowest BCUT2D eigenvalue weighted by Gasteiger charge is -2.27. The van der Waals surface area contributed by atoms with Gasteiger partial charge in [0.2, 0.25) is 0 Å². The van der Waals surface area contributed by atoms with Crippen LogP contribution in [0.15, 0.2) is 76.8 Å². The molecule has 1 aliphatic rings. The van der Waals surface area contributed by atoms with E-state index in [4.69, 9.17) is 0 Å². The van der Waals surface area contributed by atoms with Gasteiger partial charge in [-0.1, -0.05) is 67.0 Å². The van der Waals surface area contributed by atoms with Gasteiger partial charge in [0.25, 0.3) is 11.7 Å². The van der Waals surface area contributed by atoms with E-state index in [0.29, 0.717) is 11.3 Å². The van der Waals surface area contributed by atoms with Gasteiger partial charge in [-0.15, -0.1) is 0 Å². The van der Waals surface area contributed by atoms with Gasteiger partial charge < -0.3 is 10.0 Å². The third-order valence-electron chi connectivity index (χ3n) is 6.61. The number of Topliss-reactive ketones (excluding diaryl/α,β-unsaturated/α-hetero) is 1. The lowest BCUT2D eigenvalue weighted by Crippen LogP contribution is -2.29. The molecule has 1 unspecified atom stereocenters. The second-order valence-corrected chi connectivity index (χ2v) is 11.3. The minimum Gasteiger partial charge on any atom is -0.507 e. The number of hydrogen-bond acceptors (Lipinski definition) is 4. The second kappa shape index (κ2) is 9.58. The lowest BCUT2D eigenvalue weighted by atomic mass is 9.85. The summed E-state index contributed by atoms with van der Waals surface area (Å²) in [6, 6.07) is 20.0. The fourth-order valence-electron chi connectivity index (χ4n) is 4.44. The van der Waals surface area contributed by atoms with E-state index in [1.165, 1.54) is 4.90 Å². The average molecular weight is 547 g/mol. The Morgan fingerprint density at radius 1 is 0.944 bits per heavy atom. The Hall–Kier alpha value is -3.38. The highest BCUT2D eigenvalue weighted by molar-refractivity contribution is 9.10. The highest BCUT2D eigenvalue weighted by Crippen LogP contribution is 2.43. The first-order valence-corrected chi connectivity index (χ1v) is 12.6. The SMILES string of the molecule is Cc1cc(/C(O)=C2/C(=O)C(=O)N(c3ccc(N(C)C)cc3)C2c2ccc(C(C)(C)C)cc2)ccc1Br. The Morgan fingerprint density at radius 2 is 1.56 bits per heavy atom. The molecule has 0 aromatic heterocycles. The van der Waals surface area contributed by atoms with Crippen LogP contribution in [0.2, 0.25) is 0 Å². The van der Waals surface area contributed by atoms with Crippen LogP contribution in [0.4, 0.5) is 11.4 Å². The van der Waals surface area contributed by atoms with E-state index in [2.05, 4.69) is 36.7 Å². The molecule has 5 nitrogen and oxygen atoms in total. The lowest BCUT2D eigenvalue weighted by molar-refractivity contribution is -0.132. The molecule has 4 rings (SSSR count). The molecule has 1 saturated heterocycles. The summed E-state index contributed by atoms with van der Waals surface area (Å²) in [7, 11) is 3.89. The number of halogens is 1. The van der Waals surface area contributed by atoms with Crippen molar-refractivity contribution in [2.75, 3.05) is 23.9 Å². The van der Waals surface area contributed by atoms with Crippen LogP contribution in [0.5, 0.6) is 0 Å². The number of nitrogens with zero attached hydrogens (tertiary/aromatic N) is 2. The molecular weight excluding hydrogens is 516 g/mol. The minimum atomic E-state index is -0.756. The molecular formula is C30H31BrN2O3. The van der Waals surface area contributed by atoms with Crippen molar-refractivity contribution in [1.29, 1.82) is 0 Å². The van der Waals surface area contributed by atoms with Crippen molar-refractivity contribution in [3.05, 3.63) is 99.0 Å². The van der Waals surface area contributed by atoms with Gasteiger partial charge >= 0.3 is 0 Å². The molecule has 3 aromatic rings. The number of carbonyl (C=O) groups excluding carboxylic acids is 2. The van der Waals surface area contributed by atoms with Crippen molar-refractivity contribution in [3.8, 4) is 0 Å². The maximum atomic E-state index is 13.4. The van der Waals surface area contributed by atoms with Gasteiger partial charge in [-0.25, -0.2) is 0 Å². The quantitative estimate of drug-likeness (QED) is 0.223. The Kier molecular flexibility index (Phi) is 6.84. The molecule has 0 aliphatic carbocycles. The number of rotatable bonds is 4. The van der Waals surface area contributed by atoms with Crippen LogP contribution in [0.25, 0.3) is 5.76 Å². The largest absolute Gasteiger partial charge is 0.507 e. The summed E-state index contributed by atoms with van der Waals surface area (Å²) in [5.74, 6) is -1.54. The molecule has 0 spiro atoms. The fraction of sp³-hybridized carbons (Fsp3) is 0.267. The normalized spacial score (nSPS) is 17.5. The van der Waals surface area contributed by atoms with E-state index >= 15 is 0 Å². The van der Waals surface area contributed by atoms with Crippen LogP contribution in [0.1, 0.15) is 49.1 Å². The Labute approximate surface area is 221 Å². The molecule has 6 heteroatoms. The molecule has 1 amide bonds. The fourth-order valence-corrected chi connectivity index (χ4v) is 4.69. The molecule has 1 aliphatic heterocycles. The van der Waals surface area contributed by atoms with Gasteiger partial charge in [-0.2, -0.15) is 0 Å². The molecule has 1 atom stereocenters. The Morgan fingerprint density at radius 3 is 2.08 bits per heavy atom. The van der Waals surface area contributed by atoms with E-state index in [9.17, 15) is 14.7 Å². The summed E-state index contributed by atoms with van der Waals surface area (Å²) in [4.78, 5) is 30.3. The van der Waals surface area contributed by atoms with Crippen LogP contribution in [-0.4, -0.2) is 30.9 Å². The highest BCUT2D eigenvalue weighted by atomic mass is 79.9. The number of amides is 1. The first-order chi connectivity index (χ1) is 16.9. The summed E-state index contributed by atoms with van der Waals surface area (Å²) in [6.07, 6.45) is 0. The van der Waals surface area contributed by atoms with Gasteiger partial charge in [-0.3, -0.25) is 14.5 Å². The van der Waals surface area contributed by atoms with Crippen LogP contribution in [0.3, 0.4) is 0 Å². The monoisotopic (exact) mass is 546 g/mol. The number of benzene rings is 3. The number of carbonyl (C=O) groups is 2. The Bertz CT molecular complexity index is 1350. The molecule has 186 valence electrons. The van der Waals surface area contributed by atoms with Gasteiger partial charge in [-0.05, 0) is 65.4 Å². The number of aryl methyl sites for hydroxylation is 1.